The van der Waals surface area contributed by atoms with Crippen molar-refractivity contribution in [2.45, 2.75) is 11.8 Å². The van der Waals surface area contributed by atoms with Crippen LogP contribution in [0.1, 0.15) is 5.56 Å². The van der Waals surface area contributed by atoms with Gasteiger partial charge in [-0.2, -0.15) is 8.42 Å². The Morgan fingerprint density at radius 2 is 1.81 bits per heavy atom. The third-order valence-electron chi connectivity index (χ3n) is 3.04. The second-order valence-electron chi connectivity index (χ2n) is 4.46. The number of fused-ring (bicyclic) bond motifs is 1. The van der Waals surface area contributed by atoms with E-state index in [0.29, 0.717) is 21.6 Å². The van der Waals surface area contributed by atoms with E-state index in [2.05, 4.69) is 10.3 Å². The zero-order valence-electron chi connectivity index (χ0n) is 10.8. The number of nitrogens with zero attached hydrogens (tertiary/aromatic N) is 3. The first-order valence-corrected chi connectivity index (χ1v) is 8.12. The van der Waals surface area contributed by atoms with Crippen molar-refractivity contribution in [1.82, 2.24) is 14.4 Å². The largest absolute Gasteiger partial charge is 0.286 e. The summed E-state index contributed by atoms with van der Waals surface area (Å²) in [5.41, 5.74) is 1.49. The predicted molar refractivity (Wildman–Crippen MR) is 81.3 cm³/mol. The fourth-order valence-electron chi connectivity index (χ4n) is 1.95. The molecule has 8 heteroatoms. The molecule has 3 aromatic rings. The minimum absolute atomic E-state index is 0.0465. The molecule has 1 heterocycles. The van der Waals surface area contributed by atoms with Crippen LogP contribution in [-0.4, -0.2) is 22.8 Å². The summed E-state index contributed by atoms with van der Waals surface area (Å²) in [5, 5.41) is 8.02. The maximum absolute atomic E-state index is 12.7. The van der Waals surface area contributed by atoms with Crippen molar-refractivity contribution in [3.63, 3.8) is 0 Å². The molecule has 0 aliphatic rings. The standard InChI is InChI=1S/C13H9Cl2N3O2S/c1-8-6-13(10(15)7-9(8)14)21(19,20)18-12-5-3-2-4-11(12)16-17-18/h2-7H,1H3. The summed E-state index contributed by atoms with van der Waals surface area (Å²) >= 11 is 12.0. The SMILES string of the molecule is Cc1cc(S(=O)(=O)n2nnc3ccccc32)c(Cl)cc1Cl. The zero-order valence-corrected chi connectivity index (χ0v) is 13.1. The summed E-state index contributed by atoms with van der Waals surface area (Å²) in [6.45, 7) is 1.71. The number of hydrogen-bond acceptors (Lipinski definition) is 4. The molecule has 0 aliphatic carbocycles. The van der Waals surface area contributed by atoms with Gasteiger partial charge in [-0.05, 0) is 36.8 Å². The van der Waals surface area contributed by atoms with Crippen LogP contribution in [0.5, 0.6) is 0 Å². The highest BCUT2D eigenvalue weighted by Crippen LogP contribution is 2.30. The van der Waals surface area contributed by atoms with Crippen LogP contribution in [0.15, 0.2) is 41.3 Å². The van der Waals surface area contributed by atoms with Gasteiger partial charge in [0, 0.05) is 5.02 Å². The molecule has 0 N–H and O–H groups in total. The van der Waals surface area contributed by atoms with Crippen LogP contribution >= 0.6 is 23.2 Å². The van der Waals surface area contributed by atoms with Crippen molar-refractivity contribution < 1.29 is 8.42 Å². The molecule has 108 valence electrons. The van der Waals surface area contributed by atoms with Crippen molar-refractivity contribution >= 4 is 44.3 Å². The van der Waals surface area contributed by atoms with Gasteiger partial charge in [-0.3, -0.25) is 0 Å². The molecule has 2 aromatic carbocycles. The number of benzene rings is 2. The molecular formula is C13H9Cl2N3O2S. The highest BCUT2D eigenvalue weighted by molar-refractivity contribution is 7.90. The lowest BCUT2D eigenvalue weighted by Crippen LogP contribution is -2.15. The summed E-state index contributed by atoms with van der Waals surface area (Å²) in [4.78, 5) is -0.0540. The number of hydrogen-bond donors (Lipinski definition) is 0. The van der Waals surface area contributed by atoms with E-state index in [4.69, 9.17) is 23.2 Å². The predicted octanol–water partition coefficient (Wildman–Crippen LogP) is 3.28. The lowest BCUT2D eigenvalue weighted by atomic mass is 10.2. The van der Waals surface area contributed by atoms with E-state index >= 15 is 0 Å². The molecule has 0 amide bonds. The Morgan fingerprint density at radius 3 is 2.57 bits per heavy atom. The van der Waals surface area contributed by atoms with Gasteiger partial charge in [0.05, 0.1) is 5.02 Å². The van der Waals surface area contributed by atoms with E-state index in [1.165, 1.54) is 12.1 Å². The van der Waals surface area contributed by atoms with Crippen LogP contribution in [0.3, 0.4) is 0 Å². The first kappa shape index (κ1) is 14.3. The maximum atomic E-state index is 12.7. The first-order chi connectivity index (χ1) is 9.91. The number of aryl methyl sites for hydroxylation is 1. The summed E-state index contributed by atoms with van der Waals surface area (Å²) in [6, 6.07) is 9.62. The van der Waals surface area contributed by atoms with Crippen LogP contribution in [0.25, 0.3) is 11.0 Å². The van der Waals surface area contributed by atoms with E-state index in [1.807, 2.05) is 0 Å². The molecular weight excluding hydrogens is 333 g/mol. The Bertz CT molecular complexity index is 951. The maximum Gasteiger partial charge on any atom is 0.286 e. The van der Waals surface area contributed by atoms with E-state index < -0.39 is 10.0 Å². The van der Waals surface area contributed by atoms with Crippen LogP contribution in [0, 0.1) is 6.92 Å². The summed E-state index contributed by atoms with van der Waals surface area (Å²) in [7, 11) is -3.94. The van der Waals surface area contributed by atoms with Gasteiger partial charge in [-0.1, -0.05) is 40.5 Å². The van der Waals surface area contributed by atoms with Gasteiger partial charge >= 0.3 is 0 Å². The number of aromatic nitrogens is 3. The Kier molecular flexibility index (Phi) is 3.39. The molecule has 0 unspecified atom stereocenters. The molecule has 5 nitrogen and oxygen atoms in total. The van der Waals surface area contributed by atoms with Crippen LogP contribution in [0.2, 0.25) is 10.0 Å². The molecule has 0 saturated heterocycles. The van der Waals surface area contributed by atoms with Crippen molar-refractivity contribution in [3.8, 4) is 0 Å². The van der Waals surface area contributed by atoms with Gasteiger partial charge in [0.15, 0.2) is 0 Å². The third-order valence-corrected chi connectivity index (χ3v) is 5.49. The van der Waals surface area contributed by atoms with Crippen LogP contribution in [-0.2, 0) is 10.0 Å². The fourth-order valence-corrected chi connectivity index (χ4v) is 3.99. The van der Waals surface area contributed by atoms with Gasteiger partial charge in [0.1, 0.15) is 15.9 Å². The Hall–Kier alpha value is -1.63. The lowest BCUT2D eigenvalue weighted by Gasteiger charge is -2.09. The zero-order chi connectivity index (χ0) is 15.2. The van der Waals surface area contributed by atoms with Gasteiger partial charge in [-0.25, -0.2) is 0 Å². The van der Waals surface area contributed by atoms with Gasteiger partial charge in [0.2, 0.25) is 0 Å². The summed E-state index contributed by atoms with van der Waals surface area (Å²) < 4.78 is 26.3. The summed E-state index contributed by atoms with van der Waals surface area (Å²) in [5.74, 6) is 0. The minimum Gasteiger partial charge on any atom is -0.199 e. The molecule has 0 bridgehead atoms. The van der Waals surface area contributed by atoms with E-state index in [9.17, 15) is 8.42 Å². The monoisotopic (exact) mass is 341 g/mol. The number of para-hydroxylation sites is 1. The topological polar surface area (TPSA) is 64.8 Å². The third kappa shape index (κ3) is 2.29. The molecule has 0 atom stereocenters. The average Bonchev–Trinajstić information content (AvgIpc) is 2.87. The molecule has 0 radical (unpaired) electrons. The molecule has 0 saturated carbocycles. The molecule has 0 aliphatic heterocycles. The van der Waals surface area contributed by atoms with Crippen molar-refractivity contribution in [3.05, 3.63) is 52.0 Å². The Labute approximate surface area is 131 Å². The smallest absolute Gasteiger partial charge is 0.199 e. The highest BCUT2D eigenvalue weighted by Gasteiger charge is 2.24. The quantitative estimate of drug-likeness (QED) is 0.717. The van der Waals surface area contributed by atoms with Crippen molar-refractivity contribution in [2.24, 2.45) is 0 Å². The molecule has 0 spiro atoms. The van der Waals surface area contributed by atoms with Gasteiger partial charge in [0.25, 0.3) is 10.0 Å². The van der Waals surface area contributed by atoms with Crippen LogP contribution in [0.4, 0.5) is 0 Å². The molecule has 1 aromatic heterocycles. The van der Waals surface area contributed by atoms with Crippen molar-refractivity contribution in [2.75, 3.05) is 0 Å². The lowest BCUT2D eigenvalue weighted by molar-refractivity contribution is 0.579. The first-order valence-electron chi connectivity index (χ1n) is 5.93. The van der Waals surface area contributed by atoms with Crippen molar-refractivity contribution in [1.29, 1.82) is 0 Å². The van der Waals surface area contributed by atoms with Gasteiger partial charge < -0.3 is 0 Å². The molecule has 21 heavy (non-hydrogen) atoms. The Morgan fingerprint density at radius 1 is 1.10 bits per heavy atom. The second kappa shape index (κ2) is 4.98. The number of halogens is 2. The van der Waals surface area contributed by atoms with Gasteiger partial charge in [-0.15, -0.1) is 9.19 Å². The Balaban J connectivity index is 2.29. The average molecular weight is 342 g/mol. The second-order valence-corrected chi connectivity index (χ2v) is 7.01. The van der Waals surface area contributed by atoms with E-state index in [-0.39, 0.29) is 9.92 Å². The minimum atomic E-state index is -3.94. The molecule has 0 fully saturated rings. The highest BCUT2D eigenvalue weighted by atomic mass is 35.5. The summed E-state index contributed by atoms with van der Waals surface area (Å²) in [6.07, 6.45) is 0. The van der Waals surface area contributed by atoms with Crippen LogP contribution < -0.4 is 0 Å². The normalized spacial score (nSPS) is 12.0. The fraction of sp³-hybridized carbons (Fsp3) is 0.0769. The molecule has 3 rings (SSSR count). The van der Waals surface area contributed by atoms with E-state index in [1.54, 1.807) is 31.2 Å². The number of rotatable bonds is 2. The van der Waals surface area contributed by atoms with E-state index in [0.717, 1.165) is 4.09 Å².